The topological polar surface area (TPSA) is 81.9 Å². The molecular formula is C20H23N5O2S. The number of hydrogen-bond donors (Lipinski definition) is 1. The normalized spacial score (nSPS) is 11.8. The Labute approximate surface area is 168 Å². The summed E-state index contributed by atoms with van der Waals surface area (Å²) in [6.45, 7) is 2.11. The first-order valence-electron chi connectivity index (χ1n) is 9.11. The van der Waals surface area contributed by atoms with Gasteiger partial charge in [-0.25, -0.2) is 0 Å². The van der Waals surface area contributed by atoms with Gasteiger partial charge in [0, 0.05) is 0 Å². The fourth-order valence-electron chi connectivity index (χ4n) is 2.82. The second-order valence-electron chi connectivity index (χ2n) is 6.18. The number of nitrogens with zero attached hydrogens (tertiary/aromatic N) is 4. The number of aromatic nitrogens is 4. The summed E-state index contributed by atoms with van der Waals surface area (Å²) in [4.78, 5) is 12.5. The van der Waals surface area contributed by atoms with E-state index in [4.69, 9.17) is 4.74 Å². The molecule has 0 saturated carbocycles. The number of tetrazole rings is 1. The number of thioether (sulfide) groups is 1. The molecule has 0 aliphatic rings. The van der Waals surface area contributed by atoms with Crippen molar-refractivity contribution in [3.05, 3.63) is 60.2 Å². The van der Waals surface area contributed by atoms with Gasteiger partial charge in [-0.2, -0.15) is 4.68 Å². The van der Waals surface area contributed by atoms with Crippen LogP contribution in [0.5, 0.6) is 5.75 Å². The van der Waals surface area contributed by atoms with Crippen LogP contribution in [0, 0.1) is 0 Å². The molecule has 0 spiro atoms. The number of carbonyl (C=O) groups is 1. The van der Waals surface area contributed by atoms with Gasteiger partial charge in [0.1, 0.15) is 5.75 Å². The van der Waals surface area contributed by atoms with Crippen molar-refractivity contribution >= 4 is 17.7 Å². The van der Waals surface area contributed by atoms with Crippen LogP contribution < -0.4 is 10.1 Å². The van der Waals surface area contributed by atoms with E-state index in [1.165, 1.54) is 11.8 Å². The Balaban J connectivity index is 1.62. The van der Waals surface area contributed by atoms with Crippen LogP contribution in [-0.2, 0) is 4.79 Å². The summed E-state index contributed by atoms with van der Waals surface area (Å²) in [5.74, 6) is 0.952. The predicted molar refractivity (Wildman–Crippen MR) is 109 cm³/mol. The Kier molecular flexibility index (Phi) is 7.02. The number of benzene rings is 2. The number of methoxy groups -OCH3 is 1. The summed E-state index contributed by atoms with van der Waals surface area (Å²) in [5.41, 5.74) is 1.92. The van der Waals surface area contributed by atoms with Gasteiger partial charge in [0.05, 0.1) is 24.6 Å². The summed E-state index contributed by atoms with van der Waals surface area (Å²) in [6, 6.07) is 17.5. The van der Waals surface area contributed by atoms with Crippen LogP contribution in [0.25, 0.3) is 5.69 Å². The maximum Gasteiger partial charge on any atom is 0.230 e. The molecule has 3 rings (SSSR count). The van der Waals surface area contributed by atoms with E-state index in [2.05, 4.69) is 27.8 Å². The quantitative estimate of drug-likeness (QED) is 0.557. The van der Waals surface area contributed by atoms with E-state index >= 15 is 0 Å². The first kappa shape index (κ1) is 19.9. The van der Waals surface area contributed by atoms with Crippen molar-refractivity contribution in [1.82, 2.24) is 25.5 Å². The Morgan fingerprint density at radius 2 is 1.93 bits per heavy atom. The smallest absolute Gasteiger partial charge is 0.230 e. The maximum atomic E-state index is 12.5. The second-order valence-corrected chi connectivity index (χ2v) is 7.12. The van der Waals surface area contributed by atoms with Gasteiger partial charge in [0.2, 0.25) is 11.1 Å². The molecular weight excluding hydrogens is 374 g/mol. The van der Waals surface area contributed by atoms with Gasteiger partial charge >= 0.3 is 0 Å². The van der Waals surface area contributed by atoms with Crippen molar-refractivity contribution in [2.24, 2.45) is 0 Å². The van der Waals surface area contributed by atoms with Gasteiger partial charge in [-0.1, -0.05) is 55.4 Å². The SMILES string of the molecule is CCC[C@H](NC(=O)CSc1nnnn1-c1ccc(OC)cc1)c1ccccc1. The molecule has 0 radical (unpaired) electrons. The number of ether oxygens (including phenoxy) is 1. The van der Waals surface area contributed by atoms with Crippen LogP contribution >= 0.6 is 11.8 Å². The summed E-state index contributed by atoms with van der Waals surface area (Å²) >= 11 is 1.31. The highest BCUT2D eigenvalue weighted by Gasteiger charge is 2.16. The molecule has 8 heteroatoms. The van der Waals surface area contributed by atoms with Crippen LogP contribution in [0.1, 0.15) is 31.4 Å². The first-order chi connectivity index (χ1) is 13.7. The van der Waals surface area contributed by atoms with Crippen molar-refractivity contribution in [3.8, 4) is 11.4 Å². The number of amides is 1. The van der Waals surface area contributed by atoms with Gasteiger partial charge in [0.15, 0.2) is 0 Å². The lowest BCUT2D eigenvalue weighted by Gasteiger charge is -2.18. The minimum absolute atomic E-state index is 0.0110. The molecule has 146 valence electrons. The summed E-state index contributed by atoms with van der Waals surface area (Å²) in [5, 5.41) is 15.5. The lowest BCUT2D eigenvalue weighted by Crippen LogP contribution is -2.30. The molecule has 7 nitrogen and oxygen atoms in total. The number of hydrogen-bond acceptors (Lipinski definition) is 6. The molecule has 28 heavy (non-hydrogen) atoms. The third-order valence-corrected chi connectivity index (χ3v) is 5.12. The fourth-order valence-corrected chi connectivity index (χ4v) is 3.52. The van der Waals surface area contributed by atoms with Crippen LogP contribution in [0.2, 0.25) is 0 Å². The number of rotatable bonds is 9. The van der Waals surface area contributed by atoms with Gasteiger partial charge < -0.3 is 10.1 Å². The minimum Gasteiger partial charge on any atom is -0.497 e. The third-order valence-electron chi connectivity index (χ3n) is 4.20. The molecule has 0 unspecified atom stereocenters. The molecule has 2 aromatic carbocycles. The Hall–Kier alpha value is -2.87. The summed E-state index contributed by atoms with van der Waals surface area (Å²) < 4.78 is 6.78. The zero-order valence-electron chi connectivity index (χ0n) is 15.9. The van der Waals surface area contributed by atoms with Gasteiger partial charge in [0.25, 0.3) is 0 Å². The first-order valence-corrected chi connectivity index (χ1v) is 10.1. The minimum atomic E-state index is -0.0448. The molecule has 0 fully saturated rings. The van der Waals surface area contributed by atoms with E-state index in [1.54, 1.807) is 11.8 Å². The number of carbonyl (C=O) groups excluding carboxylic acids is 1. The van der Waals surface area contributed by atoms with Crippen LogP contribution in [0.3, 0.4) is 0 Å². The molecule has 1 atom stereocenters. The Morgan fingerprint density at radius 3 is 2.61 bits per heavy atom. The highest BCUT2D eigenvalue weighted by atomic mass is 32.2. The highest BCUT2D eigenvalue weighted by molar-refractivity contribution is 7.99. The Morgan fingerprint density at radius 1 is 1.18 bits per heavy atom. The van der Waals surface area contributed by atoms with Gasteiger partial charge in [-0.05, 0) is 46.7 Å². The molecule has 0 bridgehead atoms. The van der Waals surface area contributed by atoms with Gasteiger partial charge in [-0.3, -0.25) is 4.79 Å². The average molecular weight is 398 g/mol. The second kappa shape index (κ2) is 9.89. The largest absolute Gasteiger partial charge is 0.497 e. The average Bonchev–Trinajstić information content (AvgIpc) is 3.21. The molecule has 0 aliphatic carbocycles. The van der Waals surface area contributed by atoms with Crippen molar-refractivity contribution in [1.29, 1.82) is 0 Å². The van der Waals surface area contributed by atoms with Crippen LogP contribution in [0.4, 0.5) is 0 Å². The molecule has 3 aromatic rings. The monoisotopic (exact) mass is 397 g/mol. The molecule has 0 aliphatic heterocycles. The van der Waals surface area contributed by atoms with E-state index in [0.29, 0.717) is 5.16 Å². The third kappa shape index (κ3) is 5.10. The lowest BCUT2D eigenvalue weighted by atomic mass is 10.0. The zero-order chi connectivity index (χ0) is 19.8. The maximum absolute atomic E-state index is 12.5. The molecule has 1 aromatic heterocycles. The molecule has 1 N–H and O–H groups in total. The zero-order valence-corrected chi connectivity index (χ0v) is 16.7. The summed E-state index contributed by atoms with van der Waals surface area (Å²) in [7, 11) is 1.62. The van der Waals surface area contributed by atoms with Crippen LogP contribution in [0.15, 0.2) is 59.8 Å². The van der Waals surface area contributed by atoms with Crippen molar-refractivity contribution in [2.75, 3.05) is 12.9 Å². The van der Waals surface area contributed by atoms with E-state index in [9.17, 15) is 4.79 Å². The van der Waals surface area contributed by atoms with Crippen molar-refractivity contribution in [2.45, 2.75) is 31.0 Å². The summed E-state index contributed by atoms with van der Waals surface area (Å²) in [6.07, 6.45) is 1.88. The van der Waals surface area contributed by atoms with Crippen molar-refractivity contribution < 1.29 is 9.53 Å². The fraction of sp³-hybridized carbons (Fsp3) is 0.300. The van der Waals surface area contributed by atoms with E-state index in [0.717, 1.165) is 29.8 Å². The molecule has 0 saturated heterocycles. The lowest BCUT2D eigenvalue weighted by molar-refractivity contribution is -0.119. The predicted octanol–water partition coefficient (Wildman–Crippen LogP) is 3.42. The highest BCUT2D eigenvalue weighted by Crippen LogP contribution is 2.22. The molecule has 1 amide bonds. The van der Waals surface area contributed by atoms with Crippen molar-refractivity contribution in [3.63, 3.8) is 0 Å². The number of nitrogens with one attached hydrogen (secondary N) is 1. The van der Waals surface area contributed by atoms with Gasteiger partial charge in [-0.15, -0.1) is 5.10 Å². The van der Waals surface area contributed by atoms with Crippen LogP contribution in [-0.4, -0.2) is 39.0 Å². The molecule has 1 heterocycles. The van der Waals surface area contributed by atoms with E-state index in [-0.39, 0.29) is 17.7 Å². The van der Waals surface area contributed by atoms with E-state index in [1.807, 2.05) is 54.6 Å². The van der Waals surface area contributed by atoms with E-state index < -0.39 is 0 Å². The Bertz CT molecular complexity index is 883. The standard InChI is InChI=1S/C20H23N5O2S/c1-3-7-18(15-8-5-4-6-9-15)21-19(26)14-28-20-22-23-24-25(20)16-10-12-17(27-2)13-11-16/h4-6,8-13,18H,3,7,14H2,1-2H3,(H,21,26)/t18-/m0/s1.